The zero-order valence-corrected chi connectivity index (χ0v) is 24.8. The lowest BCUT2D eigenvalue weighted by molar-refractivity contribution is 0.415. The van der Waals surface area contributed by atoms with E-state index in [0.717, 1.165) is 77.2 Å². The molecule has 0 fully saturated rings. The number of rotatable bonds is 5. The summed E-state index contributed by atoms with van der Waals surface area (Å²) in [5, 5.41) is 6.56. The van der Waals surface area contributed by atoms with Crippen molar-refractivity contribution in [1.29, 1.82) is 0 Å². The molecule has 0 saturated carbocycles. The van der Waals surface area contributed by atoms with Crippen LogP contribution in [0.1, 0.15) is 0 Å². The lowest BCUT2D eigenvalue weighted by Gasteiger charge is -2.12. The topological polar surface area (TPSA) is 48.0 Å². The zero-order chi connectivity index (χ0) is 28.8. The molecule has 0 aliphatic carbocycles. The maximum atomic E-state index is 6.94. The lowest BCUT2D eigenvalue weighted by atomic mass is 9.91. The lowest BCUT2D eigenvalue weighted by Crippen LogP contribution is -2.02. The Morgan fingerprint density at radius 1 is 0.548 bits per heavy atom. The quantitative estimate of drug-likeness (QED) is 0.206. The van der Waals surface area contributed by atoms with E-state index in [9.17, 15) is 0 Å². The van der Waals surface area contributed by atoms with Crippen molar-refractivity contribution < 1.29 is 17.9 Å². The number of hydrogen-bond acceptors (Lipinski definition) is 5. The van der Waals surface area contributed by atoms with Gasteiger partial charge in [0.05, 0.1) is 14.2 Å². The van der Waals surface area contributed by atoms with Gasteiger partial charge in [-0.15, -0.1) is 0 Å². The minimum absolute atomic E-state index is 0.811. The minimum Gasteiger partial charge on any atom is -0.497 e. The fraction of sp³-hybridized carbons (Fsp3) is 0.111. The summed E-state index contributed by atoms with van der Waals surface area (Å²) in [6.07, 6.45) is 0. The summed E-state index contributed by atoms with van der Waals surface area (Å²) in [4.78, 5) is 0. The van der Waals surface area contributed by atoms with Gasteiger partial charge in [0.2, 0.25) is 0 Å². The molecule has 0 spiro atoms. The molecule has 0 aliphatic heterocycles. The number of benzene rings is 6. The molecule has 7 rings (SSSR count). The van der Waals surface area contributed by atoms with Crippen LogP contribution in [0.2, 0.25) is 0 Å². The summed E-state index contributed by atoms with van der Waals surface area (Å²) in [5.41, 5.74) is 5.74. The van der Waals surface area contributed by atoms with Gasteiger partial charge in [-0.3, -0.25) is 0 Å². The molecule has 1 aromatic heterocycles. The third kappa shape index (κ3) is 4.39. The molecule has 0 saturated heterocycles. The van der Waals surface area contributed by atoms with E-state index in [1.807, 2.05) is 43.0 Å². The van der Waals surface area contributed by atoms with Gasteiger partial charge in [-0.1, -0.05) is 72.8 Å². The van der Waals surface area contributed by atoms with Crippen molar-refractivity contribution in [2.75, 3.05) is 33.0 Å². The van der Waals surface area contributed by atoms with Crippen LogP contribution in [0.4, 0.5) is 0 Å². The van der Waals surface area contributed by atoms with E-state index in [-0.39, 0.29) is 0 Å². The molecule has 5 nitrogen and oxygen atoms in total. The Morgan fingerprint density at radius 2 is 0.952 bits per heavy atom. The van der Waals surface area contributed by atoms with Crippen LogP contribution in [0.3, 0.4) is 0 Å². The Morgan fingerprint density at radius 3 is 1.33 bits per heavy atom. The molecule has 6 heteroatoms. The van der Waals surface area contributed by atoms with Crippen molar-refractivity contribution in [2.45, 2.75) is 0 Å². The first-order valence-electron chi connectivity index (χ1n) is 13.8. The first kappa shape index (κ1) is 26.2. The normalized spacial score (nSPS) is 11.5. The van der Waals surface area contributed by atoms with Gasteiger partial charge in [-0.2, -0.15) is 0 Å². The van der Waals surface area contributed by atoms with Gasteiger partial charge in [0.15, 0.2) is 11.2 Å². The summed E-state index contributed by atoms with van der Waals surface area (Å²) in [6, 6.07) is 37.8. The third-order valence-electron chi connectivity index (χ3n) is 7.72. The molecule has 1 heterocycles. The van der Waals surface area contributed by atoms with E-state index < -0.39 is 8.16 Å². The highest BCUT2D eigenvalue weighted by Gasteiger charge is 2.20. The smallest absolute Gasteiger partial charge is 0.309 e. The molecule has 208 valence electrons. The summed E-state index contributed by atoms with van der Waals surface area (Å²) in [5.74, 6) is 1.62. The van der Waals surface area contributed by atoms with Crippen LogP contribution in [0, 0.1) is 0 Å². The molecule has 0 bridgehead atoms. The fourth-order valence-electron chi connectivity index (χ4n) is 5.65. The maximum Gasteiger partial charge on any atom is 0.309 e. The first-order chi connectivity index (χ1) is 20.6. The van der Waals surface area contributed by atoms with Gasteiger partial charge in [0, 0.05) is 36.0 Å². The fourth-order valence-corrected chi connectivity index (χ4v) is 6.71. The molecule has 7 aromatic rings. The second-order valence-corrected chi connectivity index (χ2v) is 12.1. The molecule has 0 atom stereocenters. The Hall–Kier alpha value is -4.70. The number of methoxy groups -OCH3 is 2. The van der Waals surface area contributed by atoms with Crippen LogP contribution < -0.4 is 14.1 Å². The summed E-state index contributed by atoms with van der Waals surface area (Å²) in [7, 11) is 5.88. The van der Waals surface area contributed by atoms with Crippen molar-refractivity contribution in [1.82, 2.24) is 0 Å². The third-order valence-corrected chi connectivity index (χ3v) is 9.05. The summed E-state index contributed by atoms with van der Waals surface area (Å²) < 4.78 is 26.8. The molecule has 0 radical (unpaired) electrons. The van der Waals surface area contributed by atoms with Crippen LogP contribution in [-0.2, 0) is 0 Å². The van der Waals surface area contributed by atoms with Crippen molar-refractivity contribution >= 4 is 51.6 Å². The minimum atomic E-state index is -1.49. The molecule has 0 amide bonds. The number of ether oxygens (including phenoxy) is 2. The molecule has 6 aromatic carbocycles. The highest BCUT2D eigenvalue weighted by molar-refractivity contribution is 7.38. The first-order valence-corrected chi connectivity index (χ1v) is 14.9. The van der Waals surface area contributed by atoms with E-state index in [0.29, 0.717) is 0 Å². The second-order valence-electron chi connectivity index (χ2n) is 10.4. The van der Waals surface area contributed by atoms with E-state index in [4.69, 9.17) is 17.9 Å². The zero-order valence-electron chi connectivity index (χ0n) is 23.9. The van der Waals surface area contributed by atoms with E-state index >= 15 is 0 Å². The van der Waals surface area contributed by atoms with E-state index in [1.165, 1.54) is 0 Å². The highest BCUT2D eigenvalue weighted by atomic mass is 31.1. The van der Waals surface area contributed by atoms with Crippen LogP contribution in [0.25, 0.3) is 65.7 Å². The maximum absolute atomic E-state index is 6.94. The highest BCUT2D eigenvalue weighted by Crippen LogP contribution is 2.47. The van der Waals surface area contributed by atoms with Crippen LogP contribution in [0.15, 0.2) is 118 Å². The van der Waals surface area contributed by atoms with Gasteiger partial charge in [0.1, 0.15) is 11.5 Å². The number of fused-ring (bicyclic) bond motifs is 7. The molecular weight excluding hydrogens is 541 g/mol. The van der Waals surface area contributed by atoms with Crippen LogP contribution in [-0.4, -0.2) is 28.3 Å². The number of nitrogens with zero attached hydrogens (tertiary/aromatic N) is 1. The molecule has 42 heavy (non-hydrogen) atoms. The molecule has 0 unspecified atom stereocenters. The summed E-state index contributed by atoms with van der Waals surface area (Å²) in [6.45, 7) is 0. The Kier molecular flexibility index (Phi) is 6.62. The molecule has 0 aliphatic rings. The van der Waals surface area contributed by atoms with Crippen LogP contribution in [0.5, 0.6) is 11.5 Å². The molecular formula is C36H30NO4P. The standard InChI is InChI=1S/C36H30NO4P/c1-37(2)42-40-35-31(23-13-17-27(38-3)18-14-23)21-25-9-5-7-11-29(25)33(35)34-30-12-8-6-10-26(30)22-32(36(34)41-42)24-15-19-28(39-4)20-16-24/h5-22H,1-4H3. The van der Waals surface area contributed by atoms with E-state index in [2.05, 4.69) is 84.9 Å². The van der Waals surface area contributed by atoms with Gasteiger partial charge >= 0.3 is 8.16 Å². The van der Waals surface area contributed by atoms with Gasteiger partial charge in [-0.25, -0.2) is 4.67 Å². The SMILES string of the molecule is COc1ccc(-c2cc3ccccc3c3c2op(N(C)C)oc2c(-c4ccc(OC)cc4)cc4ccccc4c23)cc1. The van der Waals surface area contributed by atoms with E-state index in [1.54, 1.807) is 14.2 Å². The van der Waals surface area contributed by atoms with Gasteiger partial charge in [0.25, 0.3) is 0 Å². The second kappa shape index (κ2) is 10.6. The monoisotopic (exact) mass is 571 g/mol. The van der Waals surface area contributed by atoms with Crippen molar-refractivity contribution in [3.63, 3.8) is 0 Å². The Bertz CT molecular complexity index is 1980. The average Bonchev–Trinajstić information content (AvgIpc) is 3.23. The Balaban J connectivity index is 1.75. The average molecular weight is 572 g/mol. The van der Waals surface area contributed by atoms with Crippen LogP contribution >= 0.6 is 8.16 Å². The molecule has 0 N–H and O–H groups in total. The predicted molar refractivity (Wildman–Crippen MR) is 175 cm³/mol. The van der Waals surface area contributed by atoms with Crippen molar-refractivity contribution in [3.8, 4) is 33.8 Å². The summed E-state index contributed by atoms with van der Waals surface area (Å²) >= 11 is 0. The largest absolute Gasteiger partial charge is 0.497 e. The number of hydrogen-bond donors (Lipinski definition) is 0. The van der Waals surface area contributed by atoms with Crippen molar-refractivity contribution in [2.24, 2.45) is 0 Å². The van der Waals surface area contributed by atoms with Crippen molar-refractivity contribution in [3.05, 3.63) is 109 Å². The van der Waals surface area contributed by atoms with Gasteiger partial charge in [-0.05, 0) is 69.1 Å². The Labute approximate surface area is 245 Å². The predicted octanol–water partition coefficient (Wildman–Crippen LogP) is 10.1. The van der Waals surface area contributed by atoms with Gasteiger partial charge < -0.3 is 17.9 Å².